The molecule has 0 aliphatic carbocycles. The first-order chi connectivity index (χ1) is 3.80. The van der Waals surface area contributed by atoms with Gasteiger partial charge in [-0.05, 0) is 6.92 Å². The van der Waals surface area contributed by atoms with E-state index in [1.54, 1.807) is 0 Å². The summed E-state index contributed by atoms with van der Waals surface area (Å²) in [5, 5.41) is 13.5. The highest BCUT2D eigenvalue weighted by atomic mass is 16.5. The van der Waals surface area contributed by atoms with Crippen LogP contribution >= 0.6 is 0 Å². The summed E-state index contributed by atoms with van der Waals surface area (Å²) < 4.78 is 0. The van der Waals surface area contributed by atoms with Crippen LogP contribution in [0.25, 0.3) is 0 Å². The van der Waals surface area contributed by atoms with E-state index in [1.807, 2.05) is 6.92 Å². The Morgan fingerprint density at radius 1 is 1.75 bits per heavy atom. The molecule has 0 radical (unpaired) electrons. The summed E-state index contributed by atoms with van der Waals surface area (Å²) in [5.41, 5.74) is 0. The lowest BCUT2D eigenvalue weighted by atomic mass is 10.3. The predicted molar refractivity (Wildman–Crippen MR) is 30.8 cm³/mol. The van der Waals surface area contributed by atoms with Crippen molar-refractivity contribution in [2.24, 2.45) is 0 Å². The summed E-state index contributed by atoms with van der Waals surface area (Å²) in [6, 6.07) is 0.281. The Labute approximate surface area is 49.3 Å². The molecule has 1 aliphatic heterocycles. The minimum absolute atomic E-state index is 0.281. The van der Waals surface area contributed by atoms with Gasteiger partial charge in [-0.25, -0.2) is 0 Å². The van der Waals surface area contributed by atoms with Crippen molar-refractivity contribution in [2.45, 2.75) is 13.0 Å². The van der Waals surface area contributed by atoms with Gasteiger partial charge in [0, 0.05) is 25.7 Å². The van der Waals surface area contributed by atoms with Gasteiger partial charge in [-0.3, -0.25) is 0 Å². The lowest BCUT2D eigenvalue weighted by Gasteiger charge is -2.27. The topological polar surface area (TPSA) is 35.5 Å². The SMILES string of the molecule is C[C@H]1CNCCN1O. The Hall–Kier alpha value is -0.120. The summed E-state index contributed by atoms with van der Waals surface area (Å²) in [5.74, 6) is 0. The highest BCUT2D eigenvalue weighted by molar-refractivity contribution is 4.68. The van der Waals surface area contributed by atoms with E-state index < -0.39 is 0 Å². The van der Waals surface area contributed by atoms with E-state index in [4.69, 9.17) is 5.21 Å². The van der Waals surface area contributed by atoms with Crippen molar-refractivity contribution < 1.29 is 5.21 Å². The first kappa shape index (κ1) is 6.01. The van der Waals surface area contributed by atoms with Gasteiger partial charge in [0.2, 0.25) is 0 Å². The third kappa shape index (κ3) is 1.18. The molecular weight excluding hydrogens is 104 g/mol. The summed E-state index contributed by atoms with van der Waals surface area (Å²) in [4.78, 5) is 0. The fourth-order valence-electron chi connectivity index (χ4n) is 0.830. The average molecular weight is 116 g/mol. The Morgan fingerprint density at radius 2 is 2.50 bits per heavy atom. The smallest absolute Gasteiger partial charge is 0.0447 e. The van der Waals surface area contributed by atoms with E-state index in [1.165, 1.54) is 5.06 Å². The average Bonchev–Trinajstić information content (AvgIpc) is 1.77. The van der Waals surface area contributed by atoms with Crippen molar-refractivity contribution in [1.29, 1.82) is 0 Å². The molecule has 1 heterocycles. The molecule has 3 nitrogen and oxygen atoms in total. The number of piperazine rings is 1. The first-order valence-corrected chi connectivity index (χ1v) is 2.97. The van der Waals surface area contributed by atoms with Crippen LogP contribution in [0, 0.1) is 0 Å². The standard InChI is InChI=1S/C5H12N2O/c1-5-4-6-2-3-7(5)8/h5-6,8H,2-4H2,1H3/t5-/m0/s1. The first-order valence-electron chi connectivity index (χ1n) is 2.97. The molecule has 48 valence electrons. The van der Waals surface area contributed by atoms with Gasteiger partial charge >= 0.3 is 0 Å². The third-order valence-corrected chi connectivity index (χ3v) is 1.47. The molecule has 0 unspecified atom stereocenters. The fourth-order valence-corrected chi connectivity index (χ4v) is 0.830. The molecule has 1 aliphatic rings. The molecule has 2 N–H and O–H groups in total. The Bertz CT molecular complexity index is 66.8. The highest BCUT2D eigenvalue weighted by Gasteiger charge is 2.13. The Kier molecular flexibility index (Phi) is 1.83. The molecule has 0 aromatic rings. The van der Waals surface area contributed by atoms with Crippen molar-refractivity contribution in [3.05, 3.63) is 0 Å². The molecule has 1 atom stereocenters. The quantitative estimate of drug-likeness (QED) is 0.455. The van der Waals surface area contributed by atoms with Gasteiger partial charge in [0.05, 0.1) is 0 Å². The van der Waals surface area contributed by atoms with Crippen molar-refractivity contribution in [2.75, 3.05) is 19.6 Å². The van der Waals surface area contributed by atoms with Crippen LogP contribution in [0.1, 0.15) is 6.92 Å². The third-order valence-electron chi connectivity index (χ3n) is 1.47. The van der Waals surface area contributed by atoms with Gasteiger partial charge in [-0.15, -0.1) is 0 Å². The number of rotatable bonds is 0. The van der Waals surface area contributed by atoms with E-state index >= 15 is 0 Å². The summed E-state index contributed by atoms with van der Waals surface area (Å²) in [6.07, 6.45) is 0. The van der Waals surface area contributed by atoms with Gasteiger partial charge < -0.3 is 10.5 Å². The molecule has 1 rings (SSSR count). The van der Waals surface area contributed by atoms with Crippen molar-refractivity contribution >= 4 is 0 Å². The Morgan fingerprint density at radius 3 is 2.88 bits per heavy atom. The van der Waals surface area contributed by atoms with Crippen LogP contribution < -0.4 is 5.32 Å². The number of nitrogens with one attached hydrogen (secondary N) is 1. The highest BCUT2D eigenvalue weighted by Crippen LogP contribution is 1.95. The molecule has 8 heavy (non-hydrogen) atoms. The van der Waals surface area contributed by atoms with Gasteiger partial charge in [-0.2, -0.15) is 5.06 Å². The zero-order valence-electron chi connectivity index (χ0n) is 5.09. The molecule has 0 bridgehead atoms. The molecular formula is C5H12N2O. The summed E-state index contributed by atoms with van der Waals surface area (Å²) in [7, 11) is 0. The predicted octanol–water partition coefficient (Wildman–Crippen LogP) is -0.331. The molecule has 0 saturated carbocycles. The number of hydrogen-bond acceptors (Lipinski definition) is 3. The summed E-state index contributed by atoms with van der Waals surface area (Å²) in [6.45, 7) is 4.55. The van der Waals surface area contributed by atoms with Gasteiger partial charge in [-0.1, -0.05) is 0 Å². The molecule has 0 amide bonds. The molecule has 0 aromatic carbocycles. The molecule has 0 spiro atoms. The lowest BCUT2D eigenvalue weighted by Crippen LogP contribution is -2.47. The van der Waals surface area contributed by atoms with E-state index in [0.717, 1.165) is 19.6 Å². The maximum atomic E-state index is 8.97. The van der Waals surface area contributed by atoms with E-state index in [-0.39, 0.29) is 6.04 Å². The fraction of sp³-hybridized carbons (Fsp3) is 1.00. The zero-order chi connectivity index (χ0) is 5.98. The normalized spacial score (nSPS) is 33.0. The van der Waals surface area contributed by atoms with Gasteiger partial charge in [0.15, 0.2) is 0 Å². The number of hydroxylamine groups is 2. The van der Waals surface area contributed by atoms with Crippen LogP contribution in [-0.2, 0) is 0 Å². The maximum absolute atomic E-state index is 8.97. The van der Waals surface area contributed by atoms with Crippen molar-refractivity contribution in [3.8, 4) is 0 Å². The van der Waals surface area contributed by atoms with Crippen LogP contribution in [0.15, 0.2) is 0 Å². The van der Waals surface area contributed by atoms with Crippen LogP contribution in [-0.4, -0.2) is 35.9 Å². The van der Waals surface area contributed by atoms with E-state index in [0.29, 0.717) is 0 Å². The zero-order valence-corrected chi connectivity index (χ0v) is 5.09. The van der Waals surface area contributed by atoms with Gasteiger partial charge in [0.25, 0.3) is 0 Å². The van der Waals surface area contributed by atoms with Gasteiger partial charge in [0.1, 0.15) is 0 Å². The minimum Gasteiger partial charge on any atom is -0.314 e. The van der Waals surface area contributed by atoms with Crippen LogP contribution in [0.4, 0.5) is 0 Å². The Balaban J connectivity index is 2.28. The lowest BCUT2D eigenvalue weighted by molar-refractivity contribution is -0.130. The molecule has 3 heteroatoms. The number of nitrogens with zero attached hydrogens (tertiary/aromatic N) is 1. The molecule has 1 saturated heterocycles. The largest absolute Gasteiger partial charge is 0.314 e. The van der Waals surface area contributed by atoms with Crippen LogP contribution in [0.2, 0.25) is 0 Å². The van der Waals surface area contributed by atoms with Crippen molar-refractivity contribution in [3.63, 3.8) is 0 Å². The van der Waals surface area contributed by atoms with E-state index in [9.17, 15) is 0 Å². The minimum atomic E-state index is 0.281. The molecule has 0 aromatic heterocycles. The maximum Gasteiger partial charge on any atom is 0.0447 e. The second kappa shape index (κ2) is 2.44. The van der Waals surface area contributed by atoms with E-state index in [2.05, 4.69) is 5.32 Å². The summed E-state index contributed by atoms with van der Waals surface area (Å²) >= 11 is 0. The monoisotopic (exact) mass is 116 g/mol. The second-order valence-corrected chi connectivity index (χ2v) is 2.22. The van der Waals surface area contributed by atoms with Crippen LogP contribution in [0.3, 0.4) is 0 Å². The number of hydrogen-bond donors (Lipinski definition) is 2. The van der Waals surface area contributed by atoms with Crippen molar-refractivity contribution in [1.82, 2.24) is 10.4 Å². The van der Waals surface area contributed by atoms with Crippen LogP contribution in [0.5, 0.6) is 0 Å². The molecule has 1 fully saturated rings. The second-order valence-electron chi connectivity index (χ2n) is 2.22.